The van der Waals surface area contributed by atoms with Crippen LogP contribution in [0.3, 0.4) is 0 Å². The number of ether oxygens (including phenoxy) is 1. The molecule has 1 amide bonds. The molecule has 1 N–H and O–H groups in total. The third kappa shape index (κ3) is 3.11. The normalized spacial score (nSPS) is 17.1. The average molecular weight is 424 g/mol. The summed E-state index contributed by atoms with van der Waals surface area (Å²) in [6.45, 7) is 2.78. The minimum Gasteiger partial charge on any atom is -0.485 e. The molecular formula is C24H20N6O2. The molecule has 3 aromatic heterocycles. The second kappa shape index (κ2) is 7.26. The van der Waals surface area contributed by atoms with Crippen LogP contribution in [0.25, 0.3) is 22.3 Å². The number of anilines is 3. The zero-order valence-corrected chi connectivity index (χ0v) is 17.4. The van der Waals surface area contributed by atoms with Gasteiger partial charge in [-0.25, -0.2) is 15.0 Å². The zero-order chi connectivity index (χ0) is 21.7. The van der Waals surface area contributed by atoms with Crippen LogP contribution in [0.1, 0.15) is 31.4 Å². The summed E-state index contributed by atoms with van der Waals surface area (Å²) in [5, 5.41) is 3.30. The van der Waals surface area contributed by atoms with Gasteiger partial charge in [-0.3, -0.25) is 9.78 Å². The molecule has 5 heterocycles. The quantitative estimate of drug-likeness (QED) is 0.521. The first kappa shape index (κ1) is 18.7. The van der Waals surface area contributed by atoms with Crippen LogP contribution in [-0.2, 0) is 4.79 Å². The summed E-state index contributed by atoms with van der Waals surface area (Å²) in [4.78, 5) is 31.4. The maximum Gasteiger partial charge on any atom is 0.227 e. The van der Waals surface area contributed by atoms with Crippen LogP contribution >= 0.6 is 0 Å². The van der Waals surface area contributed by atoms with Gasteiger partial charge in [0.15, 0.2) is 5.65 Å². The molecule has 1 aromatic carbocycles. The Morgan fingerprint density at radius 3 is 2.81 bits per heavy atom. The van der Waals surface area contributed by atoms with Crippen molar-refractivity contribution < 1.29 is 9.53 Å². The summed E-state index contributed by atoms with van der Waals surface area (Å²) in [7, 11) is 0. The number of nitrogens with one attached hydrogen (secondary N) is 1. The molecule has 2 aliphatic rings. The molecule has 0 saturated carbocycles. The van der Waals surface area contributed by atoms with Gasteiger partial charge in [0.2, 0.25) is 5.91 Å². The second-order valence-corrected chi connectivity index (χ2v) is 7.99. The molecule has 0 bridgehead atoms. The van der Waals surface area contributed by atoms with Gasteiger partial charge in [-0.1, -0.05) is 0 Å². The fourth-order valence-corrected chi connectivity index (χ4v) is 4.35. The molecule has 0 spiro atoms. The maximum absolute atomic E-state index is 12.1. The smallest absolute Gasteiger partial charge is 0.227 e. The van der Waals surface area contributed by atoms with Gasteiger partial charge in [0.1, 0.15) is 23.2 Å². The van der Waals surface area contributed by atoms with Crippen LogP contribution in [0.2, 0.25) is 0 Å². The van der Waals surface area contributed by atoms with E-state index in [0.717, 1.165) is 46.8 Å². The molecule has 158 valence electrons. The maximum atomic E-state index is 12.1. The lowest BCUT2D eigenvalue weighted by Crippen LogP contribution is -2.24. The van der Waals surface area contributed by atoms with E-state index in [1.54, 1.807) is 18.6 Å². The Balaban J connectivity index is 1.32. The summed E-state index contributed by atoms with van der Waals surface area (Å²) in [5.74, 6) is 1.65. The lowest BCUT2D eigenvalue weighted by atomic mass is 9.94. The first-order chi connectivity index (χ1) is 15.7. The Kier molecular flexibility index (Phi) is 4.24. The molecule has 32 heavy (non-hydrogen) atoms. The summed E-state index contributed by atoms with van der Waals surface area (Å²) >= 11 is 0. The number of pyridine rings is 2. The molecule has 4 aromatic rings. The molecule has 1 saturated heterocycles. The van der Waals surface area contributed by atoms with Crippen LogP contribution < -0.4 is 15.0 Å². The highest BCUT2D eigenvalue weighted by molar-refractivity contribution is 5.96. The SMILES string of the molecule is C[C@@H]1Oc2cc(N3CCCC3=O)ccc2-c2cnc(Nc3cnc4nccnc4c3)cc21. The van der Waals surface area contributed by atoms with E-state index in [9.17, 15) is 4.79 Å². The number of carbonyl (C=O) groups excluding carboxylic acids is 1. The highest BCUT2D eigenvalue weighted by Crippen LogP contribution is 2.44. The first-order valence-electron chi connectivity index (χ1n) is 10.6. The molecule has 8 nitrogen and oxygen atoms in total. The average Bonchev–Trinajstić information content (AvgIpc) is 3.25. The van der Waals surface area contributed by atoms with Crippen LogP contribution in [0.5, 0.6) is 5.75 Å². The fourth-order valence-electron chi connectivity index (χ4n) is 4.35. The first-order valence-corrected chi connectivity index (χ1v) is 10.6. The van der Waals surface area contributed by atoms with Gasteiger partial charge in [0.05, 0.1) is 11.9 Å². The Bertz CT molecular complexity index is 1370. The van der Waals surface area contributed by atoms with Gasteiger partial charge >= 0.3 is 0 Å². The Morgan fingerprint density at radius 1 is 1.03 bits per heavy atom. The van der Waals surface area contributed by atoms with E-state index >= 15 is 0 Å². The largest absolute Gasteiger partial charge is 0.485 e. The molecule has 0 aliphatic carbocycles. The standard InChI is InChI=1S/C24H20N6O2/c1-14-18-11-22(29-15-9-20-24(28-12-15)26-7-6-25-20)27-13-19(18)17-5-4-16(10-21(17)32-14)30-8-2-3-23(30)31/h4-7,9-14H,2-3,8H2,1H3,(H,27,29)/t14-/m0/s1. The summed E-state index contributed by atoms with van der Waals surface area (Å²) in [6, 6.07) is 9.86. The third-order valence-corrected chi connectivity index (χ3v) is 5.91. The van der Waals surface area contributed by atoms with Crippen molar-refractivity contribution in [3.63, 3.8) is 0 Å². The highest BCUT2D eigenvalue weighted by Gasteiger charge is 2.27. The Morgan fingerprint density at radius 2 is 1.94 bits per heavy atom. The van der Waals surface area contributed by atoms with Crippen molar-refractivity contribution in [1.82, 2.24) is 19.9 Å². The predicted octanol–water partition coefficient (Wildman–Crippen LogP) is 4.41. The van der Waals surface area contributed by atoms with E-state index < -0.39 is 0 Å². The molecule has 8 heteroatoms. The summed E-state index contributed by atoms with van der Waals surface area (Å²) < 4.78 is 6.23. The highest BCUT2D eigenvalue weighted by atomic mass is 16.5. The molecule has 2 aliphatic heterocycles. The van der Waals surface area contributed by atoms with Gasteiger partial charge in [0, 0.05) is 60.0 Å². The van der Waals surface area contributed by atoms with Crippen molar-refractivity contribution in [2.45, 2.75) is 25.9 Å². The van der Waals surface area contributed by atoms with Crippen molar-refractivity contribution in [1.29, 1.82) is 0 Å². The fraction of sp³-hybridized carbons (Fsp3) is 0.208. The van der Waals surface area contributed by atoms with Crippen molar-refractivity contribution in [3.05, 3.63) is 60.7 Å². The van der Waals surface area contributed by atoms with Crippen molar-refractivity contribution >= 4 is 34.3 Å². The second-order valence-electron chi connectivity index (χ2n) is 7.99. The number of benzene rings is 1. The minimum atomic E-state index is -0.147. The lowest BCUT2D eigenvalue weighted by molar-refractivity contribution is -0.117. The Labute approximate surface area is 184 Å². The van der Waals surface area contributed by atoms with E-state index in [4.69, 9.17) is 4.74 Å². The number of amides is 1. The van der Waals surface area contributed by atoms with Crippen LogP contribution in [0.15, 0.2) is 55.1 Å². The zero-order valence-electron chi connectivity index (χ0n) is 17.4. The van der Waals surface area contributed by atoms with Crippen molar-refractivity contribution in [2.75, 3.05) is 16.8 Å². The molecule has 6 rings (SSSR count). The van der Waals surface area contributed by atoms with Crippen LogP contribution in [-0.4, -0.2) is 32.4 Å². The number of fused-ring (bicyclic) bond motifs is 4. The Hall–Kier alpha value is -4.07. The molecule has 0 unspecified atom stereocenters. The van der Waals surface area contributed by atoms with E-state index in [2.05, 4.69) is 25.3 Å². The summed E-state index contributed by atoms with van der Waals surface area (Å²) in [6.07, 6.45) is 8.21. The van der Waals surface area contributed by atoms with Gasteiger partial charge < -0.3 is 15.0 Å². The molecule has 0 radical (unpaired) electrons. The van der Waals surface area contributed by atoms with Gasteiger partial charge in [-0.2, -0.15) is 0 Å². The topological polar surface area (TPSA) is 93.1 Å². The van der Waals surface area contributed by atoms with Gasteiger partial charge in [0.25, 0.3) is 0 Å². The summed E-state index contributed by atoms with van der Waals surface area (Å²) in [5.41, 5.74) is 6.06. The van der Waals surface area contributed by atoms with E-state index in [1.165, 1.54) is 0 Å². The minimum absolute atomic E-state index is 0.147. The molecular weight excluding hydrogens is 404 g/mol. The number of rotatable bonds is 3. The van der Waals surface area contributed by atoms with Crippen LogP contribution in [0, 0.1) is 0 Å². The van der Waals surface area contributed by atoms with Crippen LogP contribution in [0.4, 0.5) is 17.2 Å². The van der Waals surface area contributed by atoms with E-state index in [1.807, 2.05) is 48.4 Å². The predicted molar refractivity (Wildman–Crippen MR) is 121 cm³/mol. The number of nitrogens with zero attached hydrogens (tertiary/aromatic N) is 5. The van der Waals surface area contributed by atoms with Crippen molar-refractivity contribution in [3.8, 4) is 16.9 Å². The number of hydrogen-bond donors (Lipinski definition) is 1. The van der Waals surface area contributed by atoms with Gasteiger partial charge in [-0.05, 0) is 37.6 Å². The van der Waals surface area contributed by atoms with E-state index in [0.29, 0.717) is 23.4 Å². The van der Waals surface area contributed by atoms with Gasteiger partial charge in [-0.15, -0.1) is 0 Å². The molecule has 1 fully saturated rings. The molecule has 1 atom stereocenters. The van der Waals surface area contributed by atoms with Crippen molar-refractivity contribution in [2.24, 2.45) is 0 Å². The number of aromatic nitrogens is 4. The lowest BCUT2D eigenvalue weighted by Gasteiger charge is -2.28. The van der Waals surface area contributed by atoms with E-state index in [-0.39, 0.29) is 12.0 Å². The number of hydrogen-bond acceptors (Lipinski definition) is 7. The third-order valence-electron chi connectivity index (χ3n) is 5.91. The number of carbonyl (C=O) groups is 1. The monoisotopic (exact) mass is 424 g/mol.